The van der Waals surface area contributed by atoms with Gasteiger partial charge in [-0.15, -0.1) is 0 Å². The molecule has 144 valence electrons. The second-order valence-electron chi connectivity index (χ2n) is 6.98. The van der Waals surface area contributed by atoms with Gasteiger partial charge in [0.1, 0.15) is 4.90 Å². The van der Waals surface area contributed by atoms with Crippen molar-refractivity contribution in [3.05, 3.63) is 39.7 Å². The minimum atomic E-state index is -3.82. The molecular weight excluding hydrogens is 434 g/mol. The number of aryl methyl sites for hydroxylation is 1. The smallest absolute Gasteiger partial charge is 0.245 e. The van der Waals surface area contributed by atoms with Gasteiger partial charge >= 0.3 is 0 Å². The average molecular weight is 454 g/mol. The van der Waals surface area contributed by atoms with E-state index in [0.29, 0.717) is 41.9 Å². The predicted octanol–water partition coefficient (Wildman–Crippen LogP) is 3.18. The van der Waals surface area contributed by atoms with Crippen molar-refractivity contribution in [3.8, 4) is 0 Å². The average Bonchev–Trinajstić information content (AvgIpc) is 3.31. The summed E-state index contributed by atoms with van der Waals surface area (Å²) in [6.07, 6.45) is 2.07. The Hall–Kier alpha value is -1.71. The zero-order valence-electron chi connectivity index (χ0n) is 15.1. The third-order valence-electron chi connectivity index (χ3n) is 5.14. The van der Waals surface area contributed by atoms with Gasteiger partial charge in [-0.3, -0.25) is 4.79 Å². The Balaban J connectivity index is 1.82. The zero-order valence-corrected chi connectivity index (χ0v) is 17.5. The predicted molar refractivity (Wildman–Crippen MR) is 103 cm³/mol. The van der Waals surface area contributed by atoms with Crippen LogP contribution < -0.4 is 4.90 Å². The maximum atomic E-state index is 13.6. The van der Waals surface area contributed by atoms with Gasteiger partial charge in [0, 0.05) is 30.6 Å². The fourth-order valence-electron chi connectivity index (χ4n) is 3.96. The lowest BCUT2D eigenvalue weighted by molar-refractivity contribution is -0.116. The van der Waals surface area contributed by atoms with Crippen molar-refractivity contribution >= 4 is 37.5 Å². The molecule has 0 spiro atoms. The molecule has 2 aliphatic rings. The van der Waals surface area contributed by atoms with Crippen LogP contribution >= 0.6 is 15.9 Å². The van der Waals surface area contributed by atoms with Crippen LogP contribution in [-0.4, -0.2) is 36.9 Å². The van der Waals surface area contributed by atoms with Crippen molar-refractivity contribution in [2.45, 2.75) is 44.0 Å². The SMILES string of the molecule is CC(=O)N1CCc2cc(Br)cc(S(=O)(=O)N3CCC[C@@H]3c3cc(C)no3)c21. The van der Waals surface area contributed by atoms with Crippen LogP contribution in [0.25, 0.3) is 0 Å². The molecule has 0 radical (unpaired) electrons. The van der Waals surface area contributed by atoms with Gasteiger partial charge in [-0.1, -0.05) is 21.1 Å². The summed E-state index contributed by atoms with van der Waals surface area (Å²) in [4.78, 5) is 13.8. The number of carbonyl (C=O) groups is 1. The van der Waals surface area contributed by atoms with E-state index >= 15 is 0 Å². The van der Waals surface area contributed by atoms with Gasteiger partial charge in [-0.25, -0.2) is 8.42 Å². The van der Waals surface area contributed by atoms with Crippen LogP contribution in [0.2, 0.25) is 0 Å². The Morgan fingerprint density at radius 1 is 1.30 bits per heavy atom. The molecule has 2 aromatic rings. The number of rotatable bonds is 3. The molecule has 0 bridgehead atoms. The Bertz CT molecular complexity index is 1020. The van der Waals surface area contributed by atoms with Crippen LogP contribution in [0.4, 0.5) is 5.69 Å². The maximum absolute atomic E-state index is 13.6. The number of sulfonamides is 1. The molecule has 2 aliphatic heterocycles. The van der Waals surface area contributed by atoms with Gasteiger partial charge in [0.25, 0.3) is 0 Å². The highest BCUT2D eigenvalue weighted by Crippen LogP contribution is 2.43. The minimum absolute atomic E-state index is 0.156. The monoisotopic (exact) mass is 453 g/mol. The summed E-state index contributed by atoms with van der Waals surface area (Å²) < 4.78 is 34.7. The van der Waals surface area contributed by atoms with Gasteiger partial charge in [0.15, 0.2) is 5.76 Å². The standard InChI is InChI=1S/C18H20BrN3O4S/c1-11-8-16(26-20-11)15-4-3-6-22(15)27(24,25)17-10-14(19)9-13-5-7-21(12(2)23)18(13)17/h8-10,15H,3-7H2,1-2H3/t15-/m1/s1. The highest BCUT2D eigenvalue weighted by molar-refractivity contribution is 9.10. The Labute approximate surface area is 166 Å². The molecule has 3 heterocycles. The molecule has 0 aliphatic carbocycles. The molecular formula is C18H20BrN3O4S. The van der Waals surface area contributed by atoms with E-state index in [0.717, 1.165) is 17.7 Å². The van der Waals surface area contributed by atoms with Crippen LogP contribution in [0.3, 0.4) is 0 Å². The number of hydrogen-bond acceptors (Lipinski definition) is 5. The fraction of sp³-hybridized carbons (Fsp3) is 0.444. The number of halogens is 1. The van der Waals surface area contributed by atoms with Crippen molar-refractivity contribution in [3.63, 3.8) is 0 Å². The minimum Gasteiger partial charge on any atom is -0.359 e. The normalized spacial score (nSPS) is 20.3. The van der Waals surface area contributed by atoms with Gasteiger partial charge in [-0.05, 0) is 43.9 Å². The van der Waals surface area contributed by atoms with E-state index in [1.54, 1.807) is 17.0 Å². The molecule has 7 nitrogen and oxygen atoms in total. The van der Waals surface area contributed by atoms with Crippen molar-refractivity contribution < 1.29 is 17.7 Å². The maximum Gasteiger partial charge on any atom is 0.245 e. The summed E-state index contributed by atoms with van der Waals surface area (Å²) in [6, 6.07) is 4.89. The number of aromatic nitrogens is 1. The first-order valence-corrected chi connectivity index (χ1v) is 11.1. The first-order valence-electron chi connectivity index (χ1n) is 8.84. The molecule has 0 unspecified atom stereocenters. The van der Waals surface area contributed by atoms with E-state index in [4.69, 9.17) is 4.52 Å². The summed E-state index contributed by atoms with van der Waals surface area (Å²) in [5.74, 6) is 0.403. The Kier molecular flexibility index (Phi) is 4.64. The van der Waals surface area contributed by atoms with E-state index in [1.165, 1.54) is 11.2 Å². The number of amides is 1. The van der Waals surface area contributed by atoms with Crippen LogP contribution in [0.1, 0.15) is 42.8 Å². The van der Waals surface area contributed by atoms with E-state index < -0.39 is 10.0 Å². The molecule has 27 heavy (non-hydrogen) atoms. The third kappa shape index (κ3) is 3.11. The highest BCUT2D eigenvalue weighted by Gasteiger charge is 2.41. The van der Waals surface area contributed by atoms with Crippen LogP contribution in [0.15, 0.2) is 32.1 Å². The summed E-state index contributed by atoms with van der Waals surface area (Å²) in [6.45, 7) is 4.18. The lowest BCUT2D eigenvalue weighted by Crippen LogP contribution is -2.33. The molecule has 4 rings (SSSR count). The number of nitrogens with zero attached hydrogens (tertiary/aromatic N) is 3. The second kappa shape index (κ2) is 6.72. The van der Waals surface area contributed by atoms with Crippen LogP contribution in [0.5, 0.6) is 0 Å². The number of carbonyl (C=O) groups excluding carboxylic acids is 1. The van der Waals surface area contributed by atoms with Crippen molar-refractivity contribution in [1.82, 2.24) is 9.46 Å². The molecule has 1 fully saturated rings. The lowest BCUT2D eigenvalue weighted by atomic mass is 10.2. The van der Waals surface area contributed by atoms with Crippen LogP contribution in [-0.2, 0) is 21.2 Å². The highest BCUT2D eigenvalue weighted by atomic mass is 79.9. The van der Waals surface area contributed by atoms with Crippen molar-refractivity contribution in [2.75, 3.05) is 18.0 Å². The molecule has 1 atom stereocenters. The van der Waals surface area contributed by atoms with Crippen LogP contribution in [0, 0.1) is 6.92 Å². The number of fused-ring (bicyclic) bond motifs is 1. The van der Waals surface area contributed by atoms with E-state index in [2.05, 4.69) is 21.1 Å². The Morgan fingerprint density at radius 2 is 2.07 bits per heavy atom. The van der Waals surface area contributed by atoms with E-state index in [-0.39, 0.29) is 16.8 Å². The summed E-state index contributed by atoms with van der Waals surface area (Å²) in [5, 5.41) is 3.90. The summed E-state index contributed by atoms with van der Waals surface area (Å²) in [7, 11) is -3.82. The number of benzene rings is 1. The number of anilines is 1. The molecule has 1 saturated heterocycles. The van der Waals surface area contributed by atoms with Gasteiger partial charge < -0.3 is 9.42 Å². The van der Waals surface area contributed by atoms with Gasteiger partial charge in [0.2, 0.25) is 15.9 Å². The quantitative estimate of drug-likeness (QED) is 0.712. The second-order valence-corrected chi connectivity index (χ2v) is 9.75. The molecule has 1 aromatic carbocycles. The molecule has 1 amide bonds. The van der Waals surface area contributed by atoms with Gasteiger partial charge in [0.05, 0.1) is 17.4 Å². The molecule has 0 N–H and O–H groups in total. The lowest BCUT2D eigenvalue weighted by Gasteiger charge is -2.25. The zero-order chi connectivity index (χ0) is 19.3. The Morgan fingerprint density at radius 3 is 2.74 bits per heavy atom. The topological polar surface area (TPSA) is 83.7 Å². The summed E-state index contributed by atoms with van der Waals surface area (Å²) >= 11 is 3.42. The molecule has 9 heteroatoms. The first kappa shape index (κ1) is 18.6. The van der Waals surface area contributed by atoms with E-state index in [1.807, 2.05) is 13.0 Å². The van der Waals surface area contributed by atoms with E-state index in [9.17, 15) is 13.2 Å². The fourth-order valence-corrected chi connectivity index (χ4v) is 6.54. The molecule has 0 saturated carbocycles. The van der Waals surface area contributed by atoms with Crippen molar-refractivity contribution in [1.29, 1.82) is 0 Å². The van der Waals surface area contributed by atoms with Gasteiger partial charge in [-0.2, -0.15) is 4.31 Å². The largest absolute Gasteiger partial charge is 0.359 e. The number of hydrogen-bond donors (Lipinski definition) is 0. The van der Waals surface area contributed by atoms with Crippen molar-refractivity contribution in [2.24, 2.45) is 0 Å². The third-order valence-corrected chi connectivity index (χ3v) is 7.52. The first-order chi connectivity index (χ1) is 12.8. The molecule has 1 aromatic heterocycles. The summed E-state index contributed by atoms with van der Waals surface area (Å²) in [5.41, 5.74) is 2.09.